The number of amidine groups is 2. The van der Waals surface area contributed by atoms with E-state index in [0.29, 0.717) is 38.2 Å². The van der Waals surface area contributed by atoms with Crippen LogP contribution in [-0.4, -0.2) is 78.1 Å². The Bertz CT molecular complexity index is 1720. The summed E-state index contributed by atoms with van der Waals surface area (Å²) in [5.74, 6) is -1.94. The minimum absolute atomic E-state index is 0.117. The van der Waals surface area contributed by atoms with Gasteiger partial charge in [-0.1, -0.05) is 42.5 Å². The fourth-order valence-electron chi connectivity index (χ4n) is 6.24. The monoisotopic (exact) mass is 643 g/mol. The number of aromatic hydroxyl groups is 1. The molecular weight excluding hydrogens is 604 g/mol. The van der Waals surface area contributed by atoms with E-state index in [2.05, 4.69) is 27.5 Å². The number of nitrogens with two attached hydrogens (primary N) is 1. The van der Waals surface area contributed by atoms with Gasteiger partial charge < -0.3 is 25.2 Å². The highest BCUT2D eigenvalue weighted by Crippen LogP contribution is 2.43. The molecule has 1 saturated heterocycles. The summed E-state index contributed by atoms with van der Waals surface area (Å²) >= 11 is 0. The number of piperidine rings is 1. The smallest absolute Gasteiger partial charge is 0.250 e. The van der Waals surface area contributed by atoms with Crippen LogP contribution in [0.15, 0.2) is 101 Å². The first-order chi connectivity index (χ1) is 22.7. The Hall–Kier alpha value is -4.94. The molecule has 3 aromatic carbocycles. The number of allylic oxidation sites excluding steroid dienone is 2. The lowest BCUT2D eigenvalue weighted by atomic mass is 9.86. The molecule has 1 atom stereocenters. The zero-order valence-electron chi connectivity index (χ0n) is 26.4. The first kappa shape index (κ1) is 32.0. The van der Waals surface area contributed by atoms with Crippen molar-refractivity contribution in [3.8, 4) is 17.2 Å². The maximum atomic E-state index is 16.7. The highest BCUT2D eigenvalue weighted by atomic mass is 19.1. The summed E-state index contributed by atoms with van der Waals surface area (Å²) in [4.78, 5) is 8.88. The Morgan fingerprint density at radius 1 is 1.04 bits per heavy atom. The van der Waals surface area contributed by atoms with Crippen LogP contribution >= 0.6 is 0 Å². The van der Waals surface area contributed by atoms with Gasteiger partial charge in [-0.05, 0) is 67.7 Å². The zero-order valence-corrected chi connectivity index (χ0v) is 26.4. The lowest BCUT2D eigenvalue weighted by Crippen LogP contribution is -2.51. The SMILES string of the molecule is CNN1C(Oc2cccc(C3=NCCN3C)c2)=C(F)C(C2CCN(Cc3ccccc3)CC2)=C(F)C1Oc1cc(C(=N)N)ccc1O. The molecular formula is C35H39F2N7O3. The number of nitrogens with zero attached hydrogens (tertiary/aromatic N) is 4. The quantitative estimate of drug-likeness (QED) is 0.182. The molecule has 47 heavy (non-hydrogen) atoms. The van der Waals surface area contributed by atoms with Crippen molar-refractivity contribution in [3.63, 3.8) is 0 Å². The molecule has 0 spiro atoms. The van der Waals surface area contributed by atoms with E-state index in [4.69, 9.17) is 20.6 Å². The topological polar surface area (TPSA) is 123 Å². The molecule has 0 saturated carbocycles. The average Bonchev–Trinajstić information content (AvgIpc) is 3.51. The van der Waals surface area contributed by atoms with Crippen LogP contribution in [0.1, 0.15) is 29.5 Å². The Labute approximate surface area is 272 Å². The predicted octanol–water partition coefficient (Wildman–Crippen LogP) is 4.88. The van der Waals surface area contributed by atoms with E-state index in [0.717, 1.165) is 29.5 Å². The minimum atomic E-state index is -1.55. The number of nitrogen functional groups attached to an aromatic ring is 1. The molecule has 10 nitrogen and oxygen atoms in total. The molecule has 3 aromatic rings. The summed E-state index contributed by atoms with van der Waals surface area (Å²) in [6.07, 6.45) is -0.502. The van der Waals surface area contributed by atoms with Gasteiger partial charge in [0.2, 0.25) is 6.23 Å². The number of halogens is 2. The van der Waals surface area contributed by atoms with Crippen LogP contribution in [0.2, 0.25) is 0 Å². The van der Waals surface area contributed by atoms with Gasteiger partial charge in [0.15, 0.2) is 23.2 Å². The summed E-state index contributed by atoms with van der Waals surface area (Å²) in [7, 11) is 3.45. The molecule has 0 aliphatic carbocycles. The Morgan fingerprint density at radius 2 is 1.81 bits per heavy atom. The number of aliphatic imine (C=N–C) groups is 1. The predicted molar refractivity (Wildman–Crippen MR) is 176 cm³/mol. The lowest BCUT2D eigenvalue weighted by molar-refractivity contribution is -0.0109. The number of rotatable bonds is 10. The number of hydrazine groups is 1. The molecule has 1 fully saturated rings. The van der Waals surface area contributed by atoms with Crippen LogP contribution in [0.5, 0.6) is 17.2 Å². The van der Waals surface area contributed by atoms with Gasteiger partial charge in [0, 0.05) is 43.9 Å². The van der Waals surface area contributed by atoms with Gasteiger partial charge in [0.05, 0.1) is 6.54 Å². The fraction of sp³-hybridized carbons (Fsp3) is 0.314. The maximum absolute atomic E-state index is 16.7. The van der Waals surface area contributed by atoms with Crippen LogP contribution in [0.4, 0.5) is 8.78 Å². The second kappa shape index (κ2) is 13.8. The number of nitrogens with one attached hydrogen (secondary N) is 2. The van der Waals surface area contributed by atoms with Crippen molar-refractivity contribution in [2.75, 3.05) is 40.3 Å². The maximum Gasteiger partial charge on any atom is 0.250 e. The highest BCUT2D eigenvalue weighted by Gasteiger charge is 2.43. The highest BCUT2D eigenvalue weighted by molar-refractivity contribution is 6.00. The number of likely N-dealkylation sites (N-methyl/N-ethyl adjacent to an activating group) is 1. The van der Waals surface area contributed by atoms with E-state index in [1.165, 1.54) is 30.8 Å². The van der Waals surface area contributed by atoms with Crippen molar-refractivity contribution in [2.45, 2.75) is 25.6 Å². The van der Waals surface area contributed by atoms with Crippen molar-refractivity contribution >= 4 is 11.7 Å². The van der Waals surface area contributed by atoms with Gasteiger partial charge >= 0.3 is 0 Å². The molecule has 3 aliphatic rings. The second-order valence-corrected chi connectivity index (χ2v) is 11.8. The van der Waals surface area contributed by atoms with Gasteiger partial charge in [0.1, 0.15) is 17.4 Å². The molecule has 0 amide bonds. The number of hydrogen-bond acceptors (Lipinski definition) is 9. The molecule has 6 rings (SSSR count). The standard InChI is InChI=1S/C35H39F2N7O3/c1-40-44-34(46-26-10-6-9-25(19-26)33-41-15-18-42(33)2)30(36)29(23-13-16-43(17-14-23)21-22-7-4-3-5-8-22)31(37)35(44)47-28-20-24(32(38)39)11-12-27(28)45/h3-12,19-20,23,35,40,45H,13-18,21H2,1-2H3,(H3,38,39). The first-order valence-electron chi connectivity index (χ1n) is 15.6. The summed E-state index contributed by atoms with van der Waals surface area (Å²) in [6.45, 7) is 3.53. The number of ether oxygens (including phenoxy) is 2. The Kier molecular flexibility index (Phi) is 9.41. The third-order valence-electron chi connectivity index (χ3n) is 8.71. The van der Waals surface area contributed by atoms with E-state index in [9.17, 15) is 5.11 Å². The summed E-state index contributed by atoms with van der Waals surface area (Å²) in [5.41, 5.74) is 10.6. The van der Waals surface area contributed by atoms with Gasteiger partial charge in [0.25, 0.3) is 5.88 Å². The molecule has 0 aromatic heterocycles. The van der Waals surface area contributed by atoms with E-state index in [-0.39, 0.29) is 34.4 Å². The number of phenolic OH excluding ortho intramolecular Hbond substituents is 1. The summed E-state index contributed by atoms with van der Waals surface area (Å²) in [5, 5.41) is 19.5. The fourth-order valence-corrected chi connectivity index (χ4v) is 6.24. The lowest BCUT2D eigenvalue weighted by Gasteiger charge is -2.39. The molecule has 246 valence electrons. The van der Waals surface area contributed by atoms with Crippen molar-refractivity contribution in [3.05, 3.63) is 113 Å². The van der Waals surface area contributed by atoms with E-state index >= 15 is 8.78 Å². The van der Waals surface area contributed by atoms with Crippen LogP contribution in [0, 0.1) is 11.3 Å². The molecule has 5 N–H and O–H groups in total. The van der Waals surface area contributed by atoms with Crippen molar-refractivity contribution < 1.29 is 23.4 Å². The number of likely N-dealkylation sites (tertiary alicyclic amines) is 1. The molecule has 12 heteroatoms. The van der Waals surface area contributed by atoms with Crippen LogP contribution in [0.25, 0.3) is 0 Å². The number of hydrogen-bond donors (Lipinski definition) is 4. The summed E-state index contributed by atoms with van der Waals surface area (Å²) < 4.78 is 45.7. The van der Waals surface area contributed by atoms with Crippen LogP contribution in [0.3, 0.4) is 0 Å². The van der Waals surface area contributed by atoms with Crippen LogP contribution in [-0.2, 0) is 6.54 Å². The molecule has 3 heterocycles. The molecule has 1 unspecified atom stereocenters. The minimum Gasteiger partial charge on any atom is -0.504 e. The number of benzene rings is 3. The average molecular weight is 644 g/mol. The normalized spacial score (nSPS) is 19.3. The molecule has 0 radical (unpaired) electrons. The van der Waals surface area contributed by atoms with Gasteiger partial charge in [-0.3, -0.25) is 15.3 Å². The van der Waals surface area contributed by atoms with Gasteiger partial charge in [-0.2, -0.15) is 0 Å². The Balaban J connectivity index is 1.34. The second-order valence-electron chi connectivity index (χ2n) is 11.8. The first-order valence-corrected chi connectivity index (χ1v) is 15.6. The van der Waals surface area contributed by atoms with Gasteiger partial charge in [-0.25, -0.2) is 19.2 Å². The van der Waals surface area contributed by atoms with E-state index in [1.807, 2.05) is 36.2 Å². The van der Waals surface area contributed by atoms with E-state index in [1.54, 1.807) is 18.2 Å². The molecule has 3 aliphatic heterocycles. The third kappa shape index (κ3) is 6.79. The molecule has 0 bridgehead atoms. The Morgan fingerprint density at radius 3 is 2.49 bits per heavy atom. The van der Waals surface area contributed by atoms with Crippen molar-refractivity contribution in [1.29, 1.82) is 5.41 Å². The zero-order chi connectivity index (χ0) is 33.1. The van der Waals surface area contributed by atoms with Crippen molar-refractivity contribution in [2.24, 2.45) is 16.6 Å². The van der Waals surface area contributed by atoms with Crippen LogP contribution < -0.4 is 20.6 Å². The van der Waals surface area contributed by atoms with E-state index < -0.39 is 23.8 Å². The number of phenols is 1. The van der Waals surface area contributed by atoms with Gasteiger partial charge in [-0.15, -0.1) is 0 Å². The largest absolute Gasteiger partial charge is 0.504 e. The summed E-state index contributed by atoms with van der Waals surface area (Å²) in [6, 6.07) is 21.4. The van der Waals surface area contributed by atoms with Crippen molar-refractivity contribution in [1.82, 2.24) is 20.2 Å². The third-order valence-corrected chi connectivity index (χ3v) is 8.71.